The number of allylic oxidation sites excluding steroid dienone is 12. The van der Waals surface area contributed by atoms with Gasteiger partial charge in [-0.05, 0) is 150 Å². The second kappa shape index (κ2) is 15.3. The number of hydrogen-bond donors (Lipinski definition) is 2. The average Bonchev–Trinajstić information content (AvgIpc) is 3.18. The molecule has 1 fully saturated rings. The maximum absolute atomic E-state index is 9.34. The van der Waals surface area contributed by atoms with Crippen LogP contribution in [0, 0.1) is 64.6 Å². The molecule has 0 aromatic rings. The summed E-state index contributed by atoms with van der Waals surface area (Å²) in [5.41, 5.74) is 6.96. The molecule has 2 N–H and O–H groups in total. The van der Waals surface area contributed by atoms with Gasteiger partial charge in [0.05, 0.1) is 18.2 Å². The lowest BCUT2D eigenvalue weighted by atomic mass is 9.62. The number of nitrogens with one attached hydrogen (secondary N) is 2. The molecular weight excluding hydrogens is 595 g/mol. The molecule has 0 aromatic carbocycles. The highest BCUT2D eigenvalue weighted by atomic mass is 15.2. The molecule has 1 aliphatic heterocycles. The molecule has 0 spiro atoms. The Morgan fingerprint density at radius 1 is 0.694 bits per heavy atom. The Hall–Kier alpha value is -2.67. The number of nitriles is 1. The number of rotatable bonds is 6. The van der Waals surface area contributed by atoms with Crippen molar-refractivity contribution in [1.82, 2.24) is 10.6 Å². The molecule has 8 rings (SSSR count). The normalized spacial score (nSPS) is 42.3. The molecule has 0 amide bonds. The van der Waals surface area contributed by atoms with E-state index in [1.165, 1.54) is 77.0 Å². The van der Waals surface area contributed by atoms with E-state index in [4.69, 9.17) is 0 Å². The van der Waals surface area contributed by atoms with Crippen molar-refractivity contribution < 1.29 is 0 Å². The average molecular weight is 656 g/mol. The van der Waals surface area contributed by atoms with Gasteiger partial charge in [-0.3, -0.25) is 10.6 Å². The summed E-state index contributed by atoms with van der Waals surface area (Å²) in [5, 5.41) is 17.7. The number of hydrogen-bond acceptors (Lipinski definition) is 3. The van der Waals surface area contributed by atoms with Crippen molar-refractivity contribution in [2.24, 2.45) is 53.3 Å². The second-order valence-electron chi connectivity index (χ2n) is 17.0. The molecule has 8 aliphatic rings. The zero-order valence-electron chi connectivity index (χ0n) is 30.1. The van der Waals surface area contributed by atoms with Gasteiger partial charge < -0.3 is 0 Å². The molecule has 0 saturated carbocycles. The van der Waals surface area contributed by atoms with Gasteiger partial charge in [0.25, 0.3) is 0 Å². The van der Waals surface area contributed by atoms with Crippen molar-refractivity contribution >= 4 is 0 Å². The van der Waals surface area contributed by atoms with Crippen LogP contribution in [0.2, 0.25) is 0 Å². The Kier molecular flexibility index (Phi) is 10.4. The summed E-state index contributed by atoms with van der Waals surface area (Å²) in [4.78, 5) is 0. The van der Waals surface area contributed by atoms with E-state index in [1.807, 2.05) is 11.1 Å². The third-order valence-corrected chi connectivity index (χ3v) is 14.3. The van der Waals surface area contributed by atoms with E-state index in [0.717, 1.165) is 43.4 Å². The topological polar surface area (TPSA) is 47.9 Å². The van der Waals surface area contributed by atoms with Crippen LogP contribution in [-0.2, 0) is 0 Å². The van der Waals surface area contributed by atoms with Crippen molar-refractivity contribution in [3.63, 3.8) is 0 Å². The van der Waals surface area contributed by atoms with Gasteiger partial charge in [-0.2, -0.15) is 5.26 Å². The summed E-state index contributed by atoms with van der Waals surface area (Å²) in [6.07, 6.45) is 50.2. The van der Waals surface area contributed by atoms with Crippen LogP contribution in [0.25, 0.3) is 0 Å². The Bertz CT molecular complexity index is 1490. The van der Waals surface area contributed by atoms with E-state index in [-0.39, 0.29) is 5.92 Å². The largest absolute Gasteiger partial charge is 0.298 e. The first kappa shape index (κ1) is 33.5. The van der Waals surface area contributed by atoms with Crippen LogP contribution in [0.5, 0.6) is 0 Å². The molecule has 12 atom stereocenters. The smallest absolute Gasteiger partial charge is 0.0659 e. The lowest BCUT2D eigenvalue weighted by Crippen LogP contribution is -2.66. The molecular formula is C46H61N3. The van der Waals surface area contributed by atoms with E-state index in [9.17, 15) is 5.26 Å². The summed E-state index contributed by atoms with van der Waals surface area (Å²) >= 11 is 0. The third-order valence-electron chi connectivity index (χ3n) is 14.3. The van der Waals surface area contributed by atoms with Crippen LogP contribution in [-0.4, -0.2) is 18.2 Å². The van der Waals surface area contributed by atoms with Gasteiger partial charge in [-0.25, -0.2) is 0 Å². The van der Waals surface area contributed by atoms with Gasteiger partial charge in [0.1, 0.15) is 0 Å². The van der Waals surface area contributed by atoms with Crippen LogP contribution in [0.3, 0.4) is 0 Å². The van der Waals surface area contributed by atoms with Crippen molar-refractivity contribution in [2.75, 3.05) is 0 Å². The van der Waals surface area contributed by atoms with Crippen molar-refractivity contribution in [2.45, 2.75) is 128 Å². The third kappa shape index (κ3) is 7.12. The maximum atomic E-state index is 9.34. The Labute approximate surface area is 297 Å². The minimum atomic E-state index is 0.241. The molecule has 3 heteroatoms. The van der Waals surface area contributed by atoms with Crippen molar-refractivity contribution in [3.05, 3.63) is 95.2 Å². The second-order valence-corrected chi connectivity index (χ2v) is 17.0. The summed E-state index contributed by atoms with van der Waals surface area (Å²) < 4.78 is 0. The first-order valence-electron chi connectivity index (χ1n) is 20.5. The van der Waals surface area contributed by atoms with Crippen LogP contribution in [0.1, 0.15) is 110 Å². The highest BCUT2D eigenvalue weighted by Gasteiger charge is 2.43. The van der Waals surface area contributed by atoms with Crippen molar-refractivity contribution in [3.8, 4) is 6.07 Å². The Morgan fingerprint density at radius 2 is 1.53 bits per heavy atom. The highest BCUT2D eigenvalue weighted by molar-refractivity contribution is 5.36. The standard InChI is InChI=1S/C46H61N3/c1-31-44(36-11-4-2-5-12-36)48-46(37-13-6-3-7-14-37)49-45(31)39-16-10-15-38(29-39)41-28-27-40(42-17-8-9-18-43(41)42)35-25-23-34(24-26-35)33-21-19-32(30-47)20-22-33/h3-4,6-7,10-11,13,16,21,23,25,29,31-32,34-38,40-41,44-46,48-49H,2,5,8-9,12,14-15,17-20,22,24,26-28H2,1H3. The minimum absolute atomic E-state index is 0.241. The van der Waals surface area contributed by atoms with E-state index in [0.29, 0.717) is 47.8 Å². The van der Waals surface area contributed by atoms with E-state index in [2.05, 4.69) is 96.5 Å². The minimum Gasteiger partial charge on any atom is -0.298 e. The first-order chi connectivity index (χ1) is 24.2. The zero-order chi connectivity index (χ0) is 33.2. The summed E-state index contributed by atoms with van der Waals surface area (Å²) in [6, 6.07) is 3.40. The van der Waals surface area contributed by atoms with E-state index < -0.39 is 0 Å². The van der Waals surface area contributed by atoms with Crippen LogP contribution in [0.4, 0.5) is 0 Å². The summed E-state index contributed by atoms with van der Waals surface area (Å²) in [5.74, 6) is 5.39. The van der Waals surface area contributed by atoms with Gasteiger partial charge in [0, 0.05) is 18.0 Å². The van der Waals surface area contributed by atoms with Crippen LogP contribution < -0.4 is 10.6 Å². The molecule has 0 aromatic heterocycles. The monoisotopic (exact) mass is 655 g/mol. The Balaban J connectivity index is 1.01. The molecule has 1 heterocycles. The quantitative estimate of drug-likeness (QED) is 0.280. The predicted octanol–water partition coefficient (Wildman–Crippen LogP) is 10.6. The van der Waals surface area contributed by atoms with Crippen LogP contribution in [0.15, 0.2) is 95.2 Å². The fourth-order valence-electron chi connectivity index (χ4n) is 11.6. The van der Waals surface area contributed by atoms with Crippen LogP contribution >= 0.6 is 0 Å². The molecule has 0 radical (unpaired) electrons. The molecule has 49 heavy (non-hydrogen) atoms. The van der Waals surface area contributed by atoms with Gasteiger partial charge in [-0.1, -0.05) is 96.6 Å². The van der Waals surface area contributed by atoms with Gasteiger partial charge in [0.15, 0.2) is 0 Å². The van der Waals surface area contributed by atoms with E-state index in [1.54, 1.807) is 11.1 Å². The lowest BCUT2D eigenvalue weighted by molar-refractivity contribution is 0.132. The molecule has 3 nitrogen and oxygen atoms in total. The Morgan fingerprint density at radius 3 is 2.22 bits per heavy atom. The fraction of sp³-hybridized carbons (Fsp3) is 0.630. The zero-order valence-corrected chi connectivity index (χ0v) is 30.1. The van der Waals surface area contributed by atoms with Gasteiger partial charge in [-0.15, -0.1) is 0 Å². The molecule has 7 aliphatic carbocycles. The lowest BCUT2D eigenvalue weighted by Gasteiger charge is -2.49. The molecule has 1 saturated heterocycles. The molecule has 260 valence electrons. The molecule has 12 unspecified atom stereocenters. The predicted molar refractivity (Wildman–Crippen MR) is 203 cm³/mol. The maximum Gasteiger partial charge on any atom is 0.0659 e. The van der Waals surface area contributed by atoms with Crippen molar-refractivity contribution in [1.29, 1.82) is 5.26 Å². The summed E-state index contributed by atoms with van der Waals surface area (Å²) in [7, 11) is 0. The number of nitrogens with zero attached hydrogens (tertiary/aromatic N) is 1. The molecule has 0 bridgehead atoms. The highest BCUT2D eigenvalue weighted by Crippen LogP contribution is 2.51. The summed E-state index contributed by atoms with van der Waals surface area (Å²) in [6.45, 7) is 2.52. The van der Waals surface area contributed by atoms with E-state index >= 15 is 0 Å². The van der Waals surface area contributed by atoms with Gasteiger partial charge >= 0.3 is 0 Å². The van der Waals surface area contributed by atoms with Gasteiger partial charge in [0.2, 0.25) is 0 Å². The SMILES string of the molecule is CC1C(C2=CC(C3CCC(C4C=CC(C5=CCC(C#N)CC5)CC4)C4=C3CCCC4)CC=C2)NC(C2C=CC=CC2)NC1C1C=CCCC1. The fourth-order valence-corrected chi connectivity index (χ4v) is 11.6. The first-order valence-corrected chi connectivity index (χ1v) is 20.5.